The minimum atomic E-state index is -0.0736. The number of aliphatic hydroxyl groups is 1. The highest BCUT2D eigenvalue weighted by atomic mass is 16.3. The average molecular weight is 351 g/mol. The highest BCUT2D eigenvalue weighted by Crippen LogP contribution is 2.28. The third-order valence-corrected chi connectivity index (χ3v) is 4.62. The Labute approximate surface area is 157 Å². The van der Waals surface area contributed by atoms with Crippen LogP contribution in [0.15, 0.2) is 78.9 Å². The molecule has 1 aromatic heterocycles. The van der Waals surface area contributed by atoms with Gasteiger partial charge in [0.25, 0.3) is 0 Å². The number of imidazole rings is 1. The smallest absolute Gasteiger partial charge is 0.155 e. The Bertz CT molecular complexity index is 1180. The molecule has 4 rings (SSSR count). The number of benzene rings is 3. The van der Waals surface area contributed by atoms with Gasteiger partial charge in [0.05, 0.1) is 11.0 Å². The van der Waals surface area contributed by atoms with Crippen molar-refractivity contribution >= 4 is 22.4 Å². The standard InChI is InChI=1S/C23H17N3O/c1-26-21-10-6-5-9-20(21)25-23(26)19(15-24)22(27)18-13-11-17(12-14-18)16-7-3-2-4-8-16/h2-14,27H,1H3/b22-19-. The first-order valence-corrected chi connectivity index (χ1v) is 8.60. The summed E-state index contributed by atoms with van der Waals surface area (Å²) in [7, 11) is 1.84. The second-order valence-corrected chi connectivity index (χ2v) is 6.26. The monoisotopic (exact) mass is 351 g/mol. The number of para-hydroxylation sites is 2. The van der Waals surface area contributed by atoms with Crippen LogP contribution < -0.4 is 0 Å². The first-order chi connectivity index (χ1) is 13.2. The largest absolute Gasteiger partial charge is 0.506 e. The van der Waals surface area contributed by atoms with Crippen LogP contribution in [0.1, 0.15) is 11.4 Å². The molecule has 0 aliphatic rings. The number of nitrogens with zero attached hydrogens (tertiary/aromatic N) is 3. The molecule has 1 N–H and O–H groups in total. The molecule has 0 spiro atoms. The molecule has 4 heteroatoms. The van der Waals surface area contributed by atoms with Gasteiger partial charge >= 0.3 is 0 Å². The van der Waals surface area contributed by atoms with Gasteiger partial charge in [-0.3, -0.25) is 0 Å². The average Bonchev–Trinajstić information content (AvgIpc) is 3.06. The van der Waals surface area contributed by atoms with Crippen LogP contribution in [0.2, 0.25) is 0 Å². The van der Waals surface area contributed by atoms with E-state index >= 15 is 0 Å². The van der Waals surface area contributed by atoms with Crippen LogP contribution in [0, 0.1) is 11.3 Å². The Kier molecular flexibility index (Phi) is 4.19. The fourth-order valence-electron chi connectivity index (χ4n) is 3.17. The van der Waals surface area contributed by atoms with Crippen molar-refractivity contribution in [3.8, 4) is 17.2 Å². The number of hydrogen-bond acceptors (Lipinski definition) is 3. The first kappa shape index (κ1) is 16.6. The summed E-state index contributed by atoms with van der Waals surface area (Å²) in [4.78, 5) is 4.52. The van der Waals surface area contributed by atoms with Gasteiger partial charge in [0.15, 0.2) is 5.82 Å². The fourth-order valence-corrected chi connectivity index (χ4v) is 3.17. The molecule has 0 amide bonds. The topological polar surface area (TPSA) is 61.8 Å². The van der Waals surface area contributed by atoms with E-state index in [-0.39, 0.29) is 11.3 Å². The molecule has 0 aliphatic carbocycles. The van der Waals surface area contributed by atoms with Gasteiger partial charge in [0.1, 0.15) is 17.4 Å². The number of rotatable bonds is 3. The van der Waals surface area contributed by atoms with E-state index < -0.39 is 0 Å². The number of allylic oxidation sites excluding steroid dienone is 1. The lowest BCUT2D eigenvalue weighted by Crippen LogP contribution is -1.99. The van der Waals surface area contributed by atoms with Gasteiger partial charge in [-0.1, -0.05) is 66.7 Å². The molecule has 0 bridgehead atoms. The maximum absolute atomic E-state index is 10.7. The number of fused-ring (bicyclic) bond motifs is 1. The maximum atomic E-state index is 10.7. The third kappa shape index (κ3) is 2.96. The SMILES string of the molecule is Cn1c(/C(C#N)=C(\O)c2ccc(-c3ccccc3)cc2)nc2ccccc21. The highest BCUT2D eigenvalue weighted by Gasteiger charge is 2.17. The van der Waals surface area contributed by atoms with E-state index in [9.17, 15) is 10.4 Å². The van der Waals surface area contributed by atoms with Crippen molar-refractivity contribution in [2.45, 2.75) is 0 Å². The van der Waals surface area contributed by atoms with Crippen LogP contribution in [0.25, 0.3) is 33.5 Å². The van der Waals surface area contributed by atoms with Crippen LogP contribution in [-0.4, -0.2) is 14.7 Å². The molecule has 27 heavy (non-hydrogen) atoms. The molecule has 1 heterocycles. The molecule has 3 aromatic carbocycles. The Balaban J connectivity index is 1.78. The van der Waals surface area contributed by atoms with E-state index in [1.54, 1.807) is 0 Å². The van der Waals surface area contributed by atoms with Crippen LogP contribution in [0.3, 0.4) is 0 Å². The molecule has 0 atom stereocenters. The third-order valence-electron chi connectivity index (χ3n) is 4.62. The lowest BCUT2D eigenvalue weighted by molar-refractivity contribution is 0.513. The number of nitriles is 1. The van der Waals surface area contributed by atoms with Gasteiger partial charge in [0.2, 0.25) is 0 Å². The molecular formula is C23H17N3O. The summed E-state index contributed by atoms with van der Waals surface area (Å²) < 4.78 is 1.82. The predicted molar refractivity (Wildman–Crippen MR) is 108 cm³/mol. The lowest BCUT2D eigenvalue weighted by atomic mass is 10.0. The molecular weight excluding hydrogens is 334 g/mol. The number of aliphatic hydroxyl groups excluding tert-OH is 1. The second-order valence-electron chi connectivity index (χ2n) is 6.26. The normalized spacial score (nSPS) is 11.9. The zero-order valence-electron chi connectivity index (χ0n) is 14.8. The zero-order chi connectivity index (χ0) is 18.8. The summed E-state index contributed by atoms with van der Waals surface area (Å²) in [5.74, 6) is 0.374. The summed E-state index contributed by atoms with van der Waals surface area (Å²) in [6.07, 6.45) is 0. The van der Waals surface area contributed by atoms with E-state index in [1.165, 1.54) is 0 Å². The van der Waals surface area contributed by atoms with Crippen molar-refractivity contribution in [3.63, 3.8) is 0 Å². The van der Waals surface area contributed by atoms with Crippen molar-refractivity contribution in [2.75, 3.05) is 0 Å². The summed E-state index contributed by atoms with van der Waals surface area (Å²) in [5.41, 5.74) is 4.58. The van der Waals surface area contributed by atoms with E-state index in [0.29, 0.717) is 11.4 Å². The molecule has 0 fully saturated rings. The molecule has 0 saturated heterocycles. The van der Waals surface area contributed by atoms with E-state index in [1.807, 2.05) is 90.5 Å². The molecule has 4 aromatic rings. The number of aromatic nitrogens is 2. The van der Waals surface area contributed by atoms with Gasteiger partial charge in [0, 0.05) is 12.6 Å². The van der Waals surface area contributed by atoms with Crippen molar-refractivity contribution in [1.29, 1.82) is 5.26 Å². The summed E-state index contributed by atoms with van der Waals surface area (Å²) in [6.45, 7) is 0. The highest BCUT2D eigenvalue weighted by molar-refractivity contribution is 5.94. The van der Waals surface area contributed by atoms with Gasteiger partial charge < -0.3 is 9.67 Å². The van der Waals surface area contributed by atoms with E-state index in [4.69, 9.17) is 0 Å². The first-order valence-electron chi connectivity index (χ1n) is 8.60. The van der Waals surface area contributed by atoms with Crippen molar-refractivity contribution < 1.29 is 5.11 Å². The predicted octanol–water partition coefficient (Wildman–Crippen LogP) is 5.19. The Morgan fingerprint density at radius 1 is 0.889 bits per heavy atom. The van der Waals surface area contributed by atoms with Gasteiger partial charge in [-0.15, -0.1) is 0 Å². The molecule has 0 unspecified atom stereocenters. The lowest BCUT2D eigenvalue weighted by Gasteiger charge is -2.07. The molecule has 4 nitrogen and oxygen atoms in total. The fraction of sp³-hybridized carbons (Fsp3) is 0.0435. The van der Waals surface area contributed by atoms with Crippen molar-refractivity contribution in [1.82, 2.24) is 9.55 Å². The summed E-state index contributed by atoms with van der Waals surface area (Å²) in [5, 5.41) is 20.4. The van der Waals surface area contributed by atoms with Crippen LogP contribution >= 0.6 is 0 Å². The number of hydrogen-bond donors (Lipinski definition) is 1. The Morgan fingerprint density at radius 3 is 2.19 bits per heavy atom. The quantitative estimate of drug-likeness (QED) is 0.408. The Hall–Kier alpha value is -3.84. The Morgan fingerprint density at radius 2 is 1.52 bits per heavy atom. The molecule has 130 valence electrons. The van der Waals surface area contributed by atoms with E-state index in [2.05, 4.69) is 11.1 Å². The molecule has 0 radical (unpaired) electrons. The summed E-state index contributed by atoms with van der Waals surface area (Å²) in [6, 6.07) is 27.3. The second kappa shape index (κ2) is 6.81. The maximum Gasteiger partial charge on any atom is 0.155 e. The zero-order valence-corrected chi connectivity index (χ0v) is 14.8. The van der Waals surface area contributed by atoms with Crippen molar-refractivity contribution in [3.05, 3.63) is 90.3 Å². The molecule has 0 saturated carbocycles. The van der Waals surface area contributed by atoms with Crippen LogP contribution in [-0.2, 0) is 7.05 Å². The van der Waals surface area contributed by atoms with Crippen molar-refractivity contribution in [2.24, 2.45) is 7.05 Å². The number of aryl methyl sites for hydroxylation is 1. The van der Waals surface area contributed by atoms with Crippen LogP contribution in [0.4, 0.5) is 0 Å². The van der Waals surface area contributed by atoms with Crippen LogP contribution in [0.5, 0.6) is 0 Å². The summed E-state index contributed by atoms with van der Waals surface area (Å²) >= 11 is 0. The van der Waals surface area contributed by atoms with Gasteiger partial charge in [-0.05, 0) is 23.3 Å². The minimum Gasteiger partial charge on any atom is -0.506 e. The van der Waals surface area contributed by atoms with E-state index in [0.717, 1.165) is 22.2 Å². The van der Waals surface area contributed by atoms with Gasteiger partial charge in [-0.2, -0.15) is 5.26 Å². The molecule has 0 aliphatic heterocycles. The minimum absolute atomic E-state index is 0.0736. The van der Waals surface area contributed by atoms with Gasteiger partial charge in [-0.25, -0.2) is 4.98 Å².